The van der Waals surface area contributed by atoms with E-state index < -0.39 is 0 Å². The zero-order chi connectivity index (χ0) is 11.8. The highest BCUT2D eigenvalue weighted by Crippen LogP contribution is 2.35. The molecule has 1 unspecified atom stereocenters. The standard InChI is InChI=1S/C17H18/c1-3-12(2)15-10-14-9-8-13-6-4-5-7-16(13)17(14)11-15/h4-10,12H,3,11H2,1-2H3. The largest absolute Gasteiger partial charge is 0.0648 e. The van der Waals surface area contributed by atoms with E-state index in [9.17, 15) is 0 Å². The minimum Gasteiger partial charge on any atom is -0.0648 e. The zero-order valence-electron chi connectivity index (χ0n) is 10.5. The third kappa shape index (κ3) is 1.68. The van der Waals surface area contributed by atoms with E-state index in [2.05, 4.69) is 56.3 Å². The van der Waals surface area contributed by atoms with Gasteiger partial charge in [-0.25, -0.2) is 0 Å². The van der Waals surface area contributed by atoms with Crippen LogP contribution in [0.1, 0.15) is 31.4 Å². The van der Waals surface area contributed by atoms with Crippen molar-refractivity contribution in [2.75, 3.05) is 0 Å². The molecule has 1 atom stereocenters. The second-order valence-electron chi connectivity index (χ2n) is 5.06. The van der Waals surface area contributed by atoms with Crippen LogP contribution in [-0.4, -0.2) is 0 Å². The maximum atomic E-state index is 2.40. The molecule has 2 aromatic carbocycles. The van der Waals surface area contributed by atoms with Gasteiger partial charge in [-0.15, -0.1) is 0 Å². The van der Waals surface area contributed by atoms with Crippen LogP contribution in [0.5, 0.6) is 0 Å². The second kappa shape index (κ2) is 4.03. The molecule has 0 fully saturated rings. The average Bonchev–Trinajstić information content (AvgIpc) is 2.82. The molecule has 0 heteroatoms. The van der Waals surface area contributed by atoms with Crippen LogP contribution in [0.3, 0.4) is 0 Å². The lowest BCUT2D eigenvalue weighted by atomic mass is 9.95. The molecule has 2 aromatic rings. The monoisotopic (exact) mass is 222 g/mol. The molecule has 0 heterocycles. The van der Waals surface area contributed by atoms with Crippen LogP contribution in [0.4, 0.5) is 0 Å². The highest BCUT2D eigenvalue weighted by Gasteiger charge is 2.18. The van der Waals surface area contributed by atoms with Crippen molar-refractivity contribution in [3.8, 4) is 0 Å². The SMILES string of the molecule is CCC(C)C1=Cc2ccc3ccccc3c2C1. The lowest BCUT2D eigenvalue weighted by Crippen LogP contribution is -1.97. The minimum absolute atomic E-state index is 0.709. The van der Waals surface area contributed by atoms with Crippen LogP contribution in [0, 0.1) is 5.92 Å². The van der Waals surface area contributed by atoms with Crippen LogP contribution in [-0.2, 0) is 6.42 Å². The fourth-order valence-corrected chi connectivity index (χ4v) is 2.72. The molecule has 0 amide bonds. The Kier molecular flexibility index (Phi) is 2.51. The van der Waals surface area contributed by atoms with Gasteiger partial charge in [0, 0.05) is 0 Å². The van der Waals surface area contributed by atoms with Crippen molar-refractivity contribution in [2.45, 2.75) is 26.7 Å². The number of rotatable bonds is 2. The smallest absolute Gasteiger partial charge is 0.00490 e. The van der Waals surface area contributed by atoms with E-state index in [1.54, 1.807) is 5.57 Å². The fraction of sp³-hybridized carbons (Fsp3) is 0.294. The predicted octanol–water partition coefficient (Wildman–Crippen LogP) is 4.83. The van der Waals surface area contributed by atoms with E-state index in [0.29, 0.717) is 5.92 Å². The van der Waals surface area contributed by atoms with Gasteiger partial charge in [0.15, 0.2) is 0 Å². The molecule has 17 heavy (non-hydrogen) atoms. The Labute approximate surface area is 103 Å². The van der Waals surface area contributed by atoms with Crippen LogP contribution in [0.15, 0.2) is 42.0 Å². The van der Waals surface area contributed by atoms with Crippen molar-refractivity contribution < 1.29 is 0 Å². The molecular weight excluding hydrogens is 204 g/mol. The van der Waals surface area contributed by atoms with E-state index in [-0.39, 0.29) is 0 Å². The number of fused-ring (bicyclic) bond motifs is 3. The Hall–Kier alpha value is -1.56. The van der Waals surface area contributed by atoms with Gasteiger partial charge >= 0.3 is 0 Å². The fourth-order valence-electron chi connectivity index (χ4n) is 2.72. The molecule has 0 aliphatic heterocycles. The first-order valence-corrected chi connectivity index (χ1v) is 6.50. The number of allylic oxidation sites excluding steroid dienone is 1. The summed E-state index contributed by atoms with van der Waals surface area (Å²) in [7, 11) is 0. The van der Waals surface area contributed by atoms with Crippen LogP contribution in [0.25, 0.3) is 16.8 Å². The van der Waals surface area contributed by atoms with Crippen LogP contribution < -0.4 is 0 Å². The molecule has 0 aromatic heterocycles. The molecule has 1 aliphatic carbocycles. The van der Waals surface area contributed by atoms with Crippen LogP contribution >= 0.6 is 0 Å². The maximum Gasteiger partial charge on any atom is -0.00490 e. The molecular formula is C17H18. The molecule has 0 spiro atoms. The normalized spacial score (nSPS) is 15.8. The Morgan fingerprint density at radius 2 is 1.94 bits per heavy atom. The zero-order valence-corrected chi connectivity index (χ0v) is 10.5. The third-order valence-corrected chi connectivity index (χ3v) is 4.04. The van der Waals surface area contributed by atoms with Gasteiger partial charge in [0.05, 0.1) is 0 Å². The summed E-state index contributed by atoms with van der Waals surface area (Å²) in [5, 5.41) is 2.80. The summed E-state index contributed by atoms with van der Waals surface area (Å²) >= 11 is 0. The Balaban J connectivity index is 2.10. The molecule has 86 valence electrons. The number of benzene rings is 2. The highest BCUT2D eigenvalue weighted by atomic mass is 14.2. The topological polar surface area (TPSA) is 0 Å². The minimum atomic E-state index is 0.709. The number of hydrogen-bond donors (Lipinski definition) is 0. The third-order valence-electron chi connectivity index (χ3n) is 4.04. The van der Waals surface area contributed by atoms with E-state index in [0.717, 1.165) is 6.42 Å². The first-order valence-electron chi connectivity index (χ1n) is 6.50. The van der Waals surface area contributed by atoms with Crippen molar-refractivity contribution in [2.24, 2.45) is 5.92 Å². The van der Waals surface area contributed by atoms with Crippen molar-refractivity contribution >= 4 is 16.8 Å². The summed E-state index contributed by atoms with van der Waals surface area (Å²) in [6.07, 6.45) is 4.78. The lowest BCUT2D eigenvalue weighted by Gasteiger charge is -2.10. The Bertz CT molecular complexity index is 590. The Morgan fingerprint density at radius 1 is 1.12 bits per heavy atom. The molecule has 0 N–H and O–H groups in total. The van der Waals surface area contributed by atoms with E-state index in [4.69, 9.17) is 0 Å². The van der Waals surface area contributed by atoms with Gasteiger partial charge in [-0.05, 0) is 40.7 Å². The maximum absolute atomic E-state index is 2.40. The summed E-state index contributed by atoms with van der Waals surface area (Å²) in [4.78, 5) is 0. The molecule has 0 saturated heterocycles. The average molecular weight is 222 g/mol. The van der Waals surface area contributed by atoms with Gasteiger partial charge in [0.25, 0.3) is 0 Å². The van der Waals surface area contributed by atoms with Gasteiger partial charge in [0.1, 0.15) is 0 Å². The van der Waals surface area contributed by atoms with Gasteiger partial charge in [-0.3, -0.25) is 0 Å². The van der Waals surface area contributed by atoms with Crippen molar-refractivity contribution in [1.82, 2.24) is 0 Å². The van der Waals surface area contributed by atoms with Gasteiger partial charge in [-0.1, -0.05) is 61.9 Å². The first kappa shape index (κ1) is 10.6. The summed E-state index contributed by atoms with van der Waals surface area (Å²) in [6.45, 7) is 4.60. The van der Waals surface area contributed by atoms with E-state index in [1.807, 2.05) is 0 Å². The van der Waals surface area contributed by atoms with Crippen molar-refractivity contribution in [1.29, 1.82) is 0 Å². The molecule has 3 rings (SSSR count). The Morgan fingerprint density at radius 3 is 2.76 bits per heavy atom. The van der Waals surface area contributed by atoms with Crippen LogP contribution in [0.2, 0.25) is 0 Å². The predicted molar refractivity (Wildman–Crippen MR) is 75.1 cm³/mol. The quantitative estimate of drug-likeness (QED) is 0.683. The van der Waals surface area contributed by atoms with E-state index in [1.165, 1.54) is 28.3 Å². The molecule has 0 radical (unpaired) electrons. The van der Waals surface area contributed by atoms with Gasteiger partial charge in [0.2, 0.25) is 0 Å². The summed E-state index contributed by atoms with van der Waals surface area (Å²) in [5.74, 6) is 0.709. The van der Waals surface area contributed by atoms with Gasteiger partial charge < -0.3 is 0 Å². The molecule has 0 bridgehead atoms. The summed E-state index contributed by atoms with van der Waals surface area (Å²) in [5.41, 5.74) is 4.55. The molecule has 0 nitrogen and oxygen atoms in total. The first-order chi connectivity index (χ1) is 8.29. The summed E-state index contributed by atoms with van der Waals surface area (Å²) < 4.78 is 0. The highest BCUT2D eigenvalue weighted by molar-refractivity contribution is 5.90. The molecule has 0 saturated carbocycles. The van der Waals surface area contributed by atoms with Crippen molar-refractivity contribution in [3.05, 3.63) is 53.1 Å². The number of hydrogen-bond acceptors (Lipinski definition) is 0. The van der Waals surface area contributed by atoms with Gasteiger partial charge in [-0.2, -0.15) is 0 Å². The second-order valence-corrected chi connectivity index (χ2v) is 5.06. The summed E-state index contributed by atoms with van der Waals surface area (Å²) in [6, 6.07) is 13.2. The lowest BCUT2D eigenvalue weighted by molar-refractivity contribution is 0.648. The molecule has 1 aliphatic rings. The van der Waals surface area contributed by atoms with E-state index >= 15 is 0 Å². The van der Waals surface area contributed by atoms with Crippen molar-refractivity contribution in [3.63, 3.8) is 0 Å².